The molecular formula is C14H26O4. The standard InChI is InChI=1S/C14H26O4/c1-8-9-10-11-12(15-17-13(2,3)4)16-18-14(5,6)7/h12H,8,11H2,1-7H3. The van der Waals surface area contributed by atoms with E-state index < -0.39 is 17.5 Å². The molecule has 0 unspecified atom stereocenters. The quantitative estimate of drug-likeness (QED) is 0.327. The second-order valence-corrected chi connectivity index (χ2v) is 5.92. The fourth-order valence-electron chi connectivity index (χ4n) is 0.761. The lowest BCUT2D eigenvalue weighted by Crippen LogP contribution is -2.29. The Morgan fingerprint density at radius 3 is 1.61 bits per heavy atom. The van der Waals surface area contributed by atoms with E-state index in [4.69, 9.17) is 19.6 Å². The van der Waals surface area contributed by atoms with Gasteiger partial charge in [-0.3, -0.25) is 0 Å². The largest absolute Gasteiger partial charge is 0.235 e. The van der Waals surface area contributed by atoms with E-state index in [2.05, 4.69) is 11.8 Å². The topological polar surface area (TPSA) is 36.9 Å². The van der Waals surface area contributed by atoms with Gasteiger partial charge in [0, 0.05) is 6.42 Å². The number of rotatable bonds is 5. The molecule has 4 heteroatoms. The van der Waals surface area contributed by atoms with Crippen LogP contribution in [0.2, 0.25) is 0 Å². The summed E-state index contributed by atoms with van der Waals surface area (Å²) in [6.45, 7) is 13.4. The van der Waals surface area contributed by atoms with Gasteiger partial charge in [0.05, 0.1) is 17.6 Å². The van der Waals surface area contributed by atoms with Gasteiger partial charge in [-0.25, -0.2) is 9.78 Å². The first-order valence-electron chi connectivity index (χ1n) is 6.29. The van der Waals surface area contributed by atoms with Gasteiger partial charge in [-0.05, 0) is 41.5 Å². The van der Waals surface area contributed by atoms with Crippen LogP contribution in [0.3, 0.4) is 0 Å². The van der Waals surface area contributed by atoms with Crippen molar-refractivity contribution in [2.24, 2.45) is 0 Å². The van der Waals surface area contributed by atoms with Gasteiger partial charge in [-0.1, -0.05) is 12.8 Å². The van der Waals surface area contributed by atoms with Crippen LogP contribution >= 0.6 is 0 Å². The fourth-order valence-corrected chi connectivity index (χ4v) is 0.761. The van der Waals surface area contributed by atoms with Crippen molar-refractivity contribution >= 4 is 0 Å². The maximum atomic E-state index is 5.21. The lowest BCUT2D eigenvalue weighted by Gasteiger charge is -2.24. The smallest absolute Gasteiger partial charge is 0.228 e. The molecule has 0 aromatic rings. The summed E-state index contributed by atoms with van der Waals surface area (Å²) in [5.74, 6) is 5.90. The van der Waals surface area contributed by atoms with Crippen molar-refractivity contribution in [3.63, 3.8) is 0 Å². The lowest BCUT2D eigenvalue weighted by atomic mass is 10.2. The van der Waals surface area contributed by atoms with Crippen LogP contribution in [0.4, 0.5) is 0 Å². The van der Waals surface area contributed by atoms with Crippen LogP contribution < -0.4 is 0 Å². The Hall–Kier alpha value is -0.600. The van der Waals surface area contributed by atoms with Crippen LogP contribution in [-0.4, -0.2) is 17.5 Å². The molecule has 0 amide bonds. The van der Waals surface area contributed by atoms with E-state index in [1.54, 1.807) is 0 Å². The molecule has 0 saturated heterocycles. The van der Waals surface area contributed by atoms with Gasteiger partial charge in [0.25, 0.3) is 0 Å². The van der Waals surface area contributed by atoms with Gasteiger partial charge in [-0.2, -0.15) is 9.78 Å². The molecule has 0 atom stereocenters. The lowest BCUT2D eigenvalue weighted by molar-refractivity contribution is -0.495. The van der Waals surface area contributed by atoms with Gasteiger partial charge in [0.1, 0.15) is 0 Å². The Labute approximate surface area is 111 Å². The maximum Gasteiger partial charge on any atom is 0.235 e. The van der Waals surface area contributed by atoms with Crippen LogP contribution in [0.1, 0.15) is 61.3 Å². The Morgan fingerprint density at radius 1 is 0.833 bits per heavy atom. The zero-order chi connectivity index (χ0) is 14.2. The van der Waals surface area contributed by atoms with Gasteiger partial charge in [-0.15, -0.1) is 5.92 Å². The summed E-state index contributed by atoms with van der Waals surface area (Å²) in [5, 5.41) is 0. The molecule has 0 aromatic carbocycles. The first kappa shape index (κ1) is 17.4. The highest BCUT2D eigenvalue weighted by Gasteiger charge is 2.20. The SMILES string of the molecule is CCC#CCC(OOC(C)(C)C)OOC(C)(C)C. The summed E-state index contributed by atoms with van der Waals surface area (Å²) in [6.07, 6.45) is 0.551. The van der Waals surface area contributed by atoms with E-state index in [1.807, 2.05) is 48.5 Å². The normalized spacial score (nSPS) is 12.4. The molecule has 0 aliphatic rings. The molecule has 0 aliphatic carbocycles. The maximum absolute atomic E-state index is 5.21. The van der Waals surface area contributed by atoms with E-state index in [0.717, 1.165) is 6.42 Å². The van der Waals surface area contributed by atoms with Crippen molar-refractivity contribution in [3.8, 4) is 11.8 Å². The highest BCUT2D eigenvalue weighted by atomic mass is 17.3. The summed E-state index contributed by atoms with van der Waals surface area (Å²) in [7, 11) is 0. The third-order valence-corrected chi connectivity index (χ3v) is 1.38. The minimum absolute atomic E-state index is 0.401. The van der Waals surface area contributed by atoms with E-state index in [-0.39, 0.29) is 0 Å². The molecule has 0 rings (SSSR count). The summed E-state index contributed by atoms with van der Waals surface area (Å²) in [6, 6.07) is 0. The third-order valence-electron chi connectivity index (χ3n) is 1.38. The summed E-state index contributed by atoms with van der Waals surface area (Å²) in [5.41, 5.74) is -0.803. The second kappa shape index (κ2) is 7.75. The van der Waals surface area contributed by atoms with Crippen molar-refractivity contribution in [1.29, 1.82) is 0 Å². The van der Waals surface area contributed by atoms with Crippen molar-refractivity contribution < 1.29 is 19.6 Å². The van der Waals surface area contributed by atoms with Crippen molar-refractivity contribution in [2.75, 3.05) is 0 Å². The molecule has 0 fully saturated rings. The first-order valence-corrected chi connectivity index (χ1v) is 6.29. The first-order chi connectivity index (χ1) is 8.14. The van der Waals surface area contributed by atoms with Gasteiger partial charge in [0.15, 0.2) is 0 Å². The molecule has 0 heterocycles. The second-order valence-electron chi connectivity index (χ2n) is 5.92. The van der Waals surface area contributed by atoms with Crippen LogP contribution in [0.15, 0.2) is 0 Å². The average molecular weight is 258 g/mol. The van der Waals surface area contributed by atoms with Crippen LogP contribution in [0, 0.1) is 11.8 Å². The van der Waals surface area contributed by atoms with Gasteiger partial charge < -0.3 is 0 Å². The molecule has 4 nitrogen and oxygen atoms in total. The zero-order valence-corrected chi connectivity index (χ0v) is 12.6. The minimum atomic E-state index is -0.650. The third kappa shape index (κ3) is 11.9. The van der Waals surface area contributed by atoms with Crippen LogP contribution in [-0.2, 0) is 19.6 Å². The van der Waals surface area contributed by atoms with Crippen LogP contribution in [0.25, 0.3) is 0 Å². The Bertz CT molecular complexity index is 257. The van der Waals surface area contributed by atoms with Crippen molar-refractivity contribution in [3.05, 3.63) is 0 Å². The van der Waals surface area contributed by atoms with E-state index in [0.29, 0.717) is 6.42 Å². The molecule has 0 N–H and O–H groups in total. The predicted molar refractivity (Wildman–Crippen MR) is 70.3 cm³/mol. The minimum Gasteiger partial charge on any atom is -0.228 e. The summed E-state index contributed by atoms with van der Waals surface area (Å²) >= 11 is 0. The Kier molecular flexibility index (Phi) is 7.49. The van der Waals surface area contributed by atoms with Crippen molar-refractivity contribution in [1.82, 2.24) is 0 Å². The van der Waals surface area contributed by atoms with Gasteiger partial charge in [0.2, 0.25) is 6.29 Å². The Morgan fingerprint density at radius 2 is 1.28 bits per heavy atom. The molecule has 0 saturated carbocycles. The van der Waals surface area contributed by atoms with Crippen LogP contribution in [0.5, 0.6) is 0 Å². The molecule has 0 bridgehead atoms. The summed E-state index contributed by atoms with van der Waals surface area (Å²) < 4.78 is 0. The van der Waals surface area contributed by atoms with E-state index in [9.17, 15) is 0 Å². The van der Waals surface area contributed by atoms with Crippen molar-refractivity contribution in [2.45, 2.75) is 78.8 Å². The predicted octanol–water partition coefficient (Wildman–Crippen LogP) is 3.61. The molecular weight excluding hydrogens is 232 g/mol. The monoisotopic (exact) mass is 258 g/mol. The zero-order valence-electron chi connectivity index (χ0n) is 12.6. The Balaban J connectivity index is 4.24. The van der Waals surface area contributed by atoms with Gasteiger partial charge >= 0.3 is 0 Å². The molecule has 0 aromatic heterocycles. The molecule has 0 spiro atoms. The number of hydrogen-bond acceptors (Lipinski definition) is 4. The van der Waals surface area contributed by atoms with E-state index >= 15 is 0 Å². The molecule has 0 aliphatic heterocycles. The molecule has 106 valence electrons. The highest BCUT2D eigenvalue weighted by Crippen LogP contribution is 2.15. The number of hydrogen-bond donors (Lipinski definition) is 0. The van der Waals surface area contributed by atoms with E-state index in [1.165, 1.54) is 0 Å². The highest BCUT2D eigenvalue weighted by molar-refractivity contribution is 4.98. The summed E-state index contributed by atoms with van der Waals surface area (Å²) in [4.78, 5) is 20.8. The molecule has 0 radical (unpaired) electrons. The molecule has 18 heavy (non-hydrogen) atoms. The average Bonchev–Trinajstić information content (AvgIpc) is 2.19. The fraction of sp³-hybridized carbons (Fsp3) is 0.857.